The topological polar surface area (TPSA) is 69.6 Å². The molecule has 98 valence electrons. The molecular weight excluding hydrogens is 357 g/mol. The van der Waals surface area contributed by atoms with Gasteiger partial charge in [-0.05, 0) is 59.3 Å². The van der Waals surface area contributed by atoms with E-state index >= 15 is 0 Å². The fraction of sp³-hybridized carbons (Fsp3) is 0.0714. The minimum Gasteiger partial charge on any atom is -0.508 e. The number of aryl methyl sites for hydroxylation is 1. The molecule has 0 spiro atoms. The van der Waals surface area contributed by atoms with Crippen LogP contribution in [0.4, 0.5) is 5.69 Å². The van der Waals surface area contributed by atoms with E-state index in [1.165, 1.54) is 18.2 Å². The maximum absolute atomic E-state index is 12.0. The van der Waals surface area contributed by atoms with Crippen LogP contribution in [-0.2, 0) is 0 Å². The highest BCUT2D eigenvalue weighted by Gasteiger charge is 2.10. The molecule has 0 bridgehead atoms. The molecule has 2 aromatic carbocycles. The Morgan fingerprint density at radius 1 is 1.11 bits per heavy atom. The molecule has 0 saturated heterocycles. The van der Waals surface area contributed by atoms with Crippen molar-refractivity contribution >= 4 is 34.2 Å². The van der Waals surface area contributed by atoms with Crippen molar-refractivity contribution in [2.24, 2.45) is 0 Å². The molecule has 0 aliphatic heterocycles. The Bertz CT molecular complexity index is 620. The number of hydrogen-bond donors (Lipinski definition) is 3. The molecule has 0 saturated carbocycles. The molecule has 4 nitrogen and oxygen atoms in total. The number of rotatable bonds is 2. The third-order valence-corrected chi connectivity index (χ3v) is 3.28. The number of nitrogens with one attached hydrogen (secondary N) is 1. The number of anilines is 1. The zero-order valence-corrected chi connectivity index (χ0v) is 12.3. The molecule has 3 N–H and O–H groups in total. The van der Waals surface area contributed by atoms with Gasteiger partial charge in [0.25, 0.3) is 5.91 Å². The zero-order chi connectivity index (χ0) is 14.0. The lowest BCUT2D eigenvalue weighted by Gasteiger charge is -2.09. The van der Waals surface area contributed by atoms with Crippen molar-refractivity contribution in [3.63, 3.8) is 0 Å². The van der Waals surface area contributed by atoms with E-state index in [0.29, 0.717) is 5.69 Å². The Labute approximate surface area is 124 Å². The van der Waals surface area contributed by atoms with E-state index in [4.69, 9.17) is 0 Å². The summed E-state index contributed by atoms with van der Waals surface area (Å²) in [6, 6.07) is 9.50. The number of halogens is 1. The van der Waals surface area contributed by atoms with Crippen LogP contribution in [-0.4, -0.2) is 16.1 Å². The molecular formula is C14H12INO3. The number of benzene rings is 2. The maximum Gasteiger partial charge on any atom is 0.255 e. The van der Waals surface area contributed by atoms with E-state index < -0.39 is 0 Å². The smallest absolute Gasteiger partial charge is 0.255 e. The number of carbonyl (C=O) groups excluding carboxylic acids is 1. The third kappa shape index (κ3) is 3.37. The molecule has 1 amide bonds. The Balaban J connectivity index is 2.28. The summed E-state index contributed by atoms with van der Waals surface area (Å²) < 4.78 is 1.01. The molecule has 0 unspecified atom stereocenters. The van der Waals surface area contributed by atoms with Gasteiger partial charge in [0.05, 0.1) is 0 Å². The van der Waals surface area contributed by atoms with E-state index in [0.717, 1.165) is 9.13 Å². The SMILES string of the molecule is Cc1ccc(I)cc1NC(=O)c1cc(O)cc(O)c1. The molecule has 2 aromatic rings. The quantitative estimate of drug-likeness (QED) is 0.712. The summed E-state index contributed by atoms with van der Waals surface area (Å²) in [4.78, 5) is 12.0. The second kappa shape index (κ2) is 5.48. The van der Waals surface area contributed by atoms with Crippen LogP contribution in [0, 0.1) is 10.5 Å². The monoisotopic (exact) mass is 369 g/mol. The summed E-state index contributed by atoms with van der Waals surface area (Å²) in [5.74, 6) is -0.676. The fourth-order valence-electron chi connectivity index (χ4n) is 1.65. The average molecular weight is 369 g/mol. The molecule has 5 heteroatoms. The van der Waals surface area contributed by atoms with Crippen molar-refractivity contribution in [1.29, 1.82) is 0 Å². The molecule has 2 rings (SSSR count). The third-order valence-electron chi connectivity index (χ3n) is 2.61. The first kappa shape index (κ1) is 13.7. The van der Waals surface area contributed by atoms with Crippen LogP contribution in [0.3, 0.4) is 0 Å². The van der Waals surface area contributed by atoms with Crippen LogP contribution < -0.4 is 5.32 Å². The molecule has 0 fully saturated rings. The van der Waals surface area contributed by atoms with Crippen molar-refractivity contribution in [2.45, 2.75) is 6.92 Å². The van der Waals surface area contributed by atoms with Gasteiger partial charge < -0.3 is 15.5 Å². The van der Waals surface area contributed by atoms with Crippen molar-refractivity contribution in [3.8, 4) is 11.5 Å². The van der Waals surface area contributed by atoms with Gasteiger partial charge in [-0.1, -0.05) is 6.07 Å². The summed E-state index contributed by atoms with van der Waals surface area (Å²) in [5, 5.41) is 21.5. The van der Waals surface area contributed by atoms with Crippen LogP contribution in [0.5, 0.6) is 11.5 Å². The second-order valence-electron chi connectivity index (χ2n) is 4.15. The van der Waals surface area contributed by atoms with E-state index in [2.05, 4.69) is 27.9 Å². The van der Waals surface area contributed by atoms with Gasteiger partial charge in [0.15, 0.2) is 0 Å². The number of hydrogen-bond acceptors (Lipinski definition) is 3. The predicted molar refractivity (Wildman–Crippen MR) is 81.6 cm³/mol. The molecule has 0 aliphatic rings. The molecule has 0 aliphatic carbocycles. The van der Waals surface area contributed by atoms with E-state index in [1.807, 2.05) is 25.1 Å². The Kier molecular flexibility index (Phi) is 3.94. The zero-order valence-electron chi connectivity index (χ0n) is 10.1. The highest BCUT2D eigenvalue weighted by atomic mass is 127. The highest BCUT2D eigenvalue weighted by Crippen LogP contribution is 2.23. The van der Waals surface area contributed by atoms with Gasteiger partial charge in [0.1, 0.15) is 11.5 Å². The number of amides is 1. The normalized spacial score (nSPS) is 10.2. The minimum absolute atomic E-state index is 0.149. The van der Waals surface area contributed by atoms with E-state index in [9.17, 15) is 15.0 Å². The summed E-state index contributed by atoms with van der Waals surface area (Å²) in [7, 11) is 0. The first-order valence-electron chi connectivity index (χ1n) is 5.56. The van der Waals surface area contributed by atoms with Crippen LogP contribution in [0.1, 0.15) is 15.9 Å². The maximum atomic E-state index is 12.0. The first-order valence-corrected chi connectivity index (χ1v) is 6.64. The molecule has 19 heavy (non-hydrogen) atoms. The van der Waals surface area contributed by atoms with Crippen molar-refractivity contribution in [3.05, 3.63) is 51.1 Å². The molecule has 0 heterocycles. The fourth-order valence-corrected chi connectivity index (χ4v) is 2.14. The number of phenolic OH excluding ortho intramolecular Hbond substituents is 2. The molecule has 0 radical (unpaired) electrons. The van der Waals surface area contributed by atoms with E-state index in [-0.39, 0.29) is 23.0 Å². The van der Waals surface area contributed by atoms with Gasteiger partial charge in [-0.3, -0.25) is 4.79 Å². The van der Waals surface area contributed by atoms with Crippen molar-refractivity contribution in [1.82, 2.24) is 0 Å². The van der Waals surface area contributed by atoms with Crippen LogP contribution in [0.15, 0.2) is 36.4 Å². The second-order valence-corrected chi connectivity index (χ2v) is 5.40. The van der Waals surface area contributed by atoms with Gasteiger partial charge in [-0.15, -0.1) is 0 Å². The van der Waals surface area contributed by atoms with Gasteiger partial charge >= 0.3 is 0 Å². The first-order chi connectivity index (χ1) is 8.95. The molecule has 0 aromatic heterocycles. The van der Waals surface area contributed by atoms with Gasteiger partial charge in [-0.25, -0.2) is 0 Å². The lowest BCUT2D eigenvalue weighted by molar-refractivity contribution is 0.102. The lowest BCUT2D eigenvalue weighted by atomic mass is 10.1. The Morgan fingerprint density at radius 2 is 1.74 bits per heavy atom. The van der Waals surface area contributed by atoms with Gasteiger partial charge in [-0.2, -0.15) is 0 Å². The molecule has 0 atom stereocenters. The van der Waals surface area contributed by atoms with E-state index in [1.54, 1.807) is 0 Å². The van der Waals surface area contributed by atoms with Crippen molar-refractivity contribution < 1.29 is 15.0 Å². The van der Waals surface area contributed by atoms with Crippen molar-refractivity contribution in [2.75, 3.05) is 5.32 Å². The highest BCUT2D eigenvalue weighted by molar-refractivity contribution is 14.1. The summed E-state index contributed by atoms with van der Waals surface area (Å²) >= 11 is 2.16. The number of aromatic hydroxyl groups is 2. The number of carbonyl (C=O) groups is 1. The van der Waals surface area contributed by atoms with Gasteiger partial charge in [0, 0.05) is 20.9 Å². The van der Waals surface area contributed by atoms with Crippen LogP contribution in [0.2, 0.25) is 0 Å². The Morgan fingerprint density at radius 3 is 2.37 bits per heavy atom. The summed E-state index contributed by atoms with van der Waals surface area (Å²) in [6.07, 6.45) is 0. The standard InChI is InChI=1S/C14H12INO3/c1-8-2-3-10(15)6-13(8)16-14(19)9-4-11(17)7-12(18)5-9/h2-7,17-18H,1H3,(H,16,19). The predicted octanol–water partition coefficient (Wildman–Crippen LogP) is 3.26. The largest absolute Gasteiger partial charge is 0.508 e. The number of phenols is 2. The van der Waals surface area contributed by atoms with Crippen LogP contribution in [0.25, 0.3) is 0 Å². The van der Waals surface area contributed by atoms with Gasteiger partial charge in [0.2, 0.25) is 0 Å². The summed E-state index contributed by atoms with van der Waals surface area (Å²) in [6.45, 7) is 1.89. The van der Waals surface area contributed by atoms with Crippen LogP contribution >= 0.6 is 22.6 Å². The Hall–Kier alpha value is -1.76. The summed E-state index contributed by atoms with van der Waals surface area (Å²) in [5.41, 5.74) is 1.86. The lowest BCUT2D eigenvalue weighted by Crippen LogP contribution is -2.12. The average Bonchev–Trinajstić information content (AvgIpc) is 2.32. The minimum atomic E-state index is -0.378.